The van der Waals surface area contributed by atoms with E-state index in [1.807, 2.05) is 69.3 Å². The van der Waals surface area contributed by atoms with Gasteiger partial charge in [-0.25, -0.2) is 8.42 Å². The molecule has 0 radical (unpaired) electrons. The van der Waals surface area contributed by atoms with Gasteiger partial charge in [-0.05, 0) is 61.2 Å². The quantitative estimate of drug-likeness (QED) is 0.637. The van der Waals surface area contributed by atoms with Gasteiger partial charge in [0.25, 0.3) is 10.0 Å². The monoisotopic (exact) mass is 365 g/mol. The average Bonchev–Trinajstić information content (AvgIpc) is 2.64. The summed E-state index contributed by atoms with van der Waals surface area (Å²) in [6.45, 7) is 6.23. The molecule has 26 heavy (non-hydrogen) atoms. The second-order valence-corrected chi connectivity index (χ2v) is 8.40. The minimum absolute atomic E-state index is 0.300. The zero-order chi connectivity index (χ0) is 18.7. The van der Waals surface area contributed by atoms with Crippen molar-refractivity contribution >= 4 is 15.7 Å². The molecule has 0 spiro atoms. The van der Waals surface area contributed by atoms with E-state index in [2.05, 4.69) is 0 Å². The molecule has 3 aromatic rings. The van der Waals surface area contributed by atoms with E-state index >= 15 is 0 Å². The van der Waals surface area contributed by atoms with Gasteiger partial charge in [-0.1, -0.05) is 54.6 Å². The van der Waals surface area contributed by atoms with Crippen molar-refractivity contribution in [3.05, 3.63) is 95.1 Å². The van der Waals surface area contributed by atoms with Crippen LogP contribution < -0.4 is 4.31 Å². The fraction of sp³-hybridized carbons (Fsp3) is 0.182. The molecule has 0 aromatic heterocycles. The van der Waals surface area contributed by atoms with Crippen molar-refractivity contribution in [2.45, 2.75) is 32.2 Å². The Balaban J connectivity index is 2.16. The summed E-state index contributed by atoms with van der Waals surface area (Å²) < 4.78 is 28.4. The summed E-state index contributed by atoms with van der Waals surface area (Å²) in [5.41, 5.74) is 4.75. The molecule has 0 N–H and O–H groups in total. The molecule has 0 atom stereocenters. The lowest BCUT2D eigenvalue weighted by Gasteiger charge is -2.27. The third kappa shape index (κ3) is 3.65. The number of rotatable bonds is 5. The minimum atomic E-state index is -3.68. The Kier molecular flexibility index (Phi) is 5.14. The van der Waals surface area contributed by atoms with Gasteiger partial charge >= 0.3 is 0 Å². The Morgan fingerprint density at radius 1 is 0.769 bits per heavy atom. The third-order valence-corrected chi connectivity index (χ3v) is 6.31. The minimum Gasteiger partial charge on any atom is -0.262 e. The number of benzene rings is 3. The highest BCUT2D eigenvalue weighted by atomic mass is 32.2. The standard InChI is InChI=1S/C22H23NO2S/c1-17-13-14-19(3)22(15-17)23(16-20-10-8-7-9-18(20)2)26(24,25)21-11-5-4-6-12-21/h4-15H,16H2,1-3H3. The first-order chi connectivity index (χ1) is 12.4. The van der Waals surface area contributed by atoms with Crippen LogP contribution in [0.1, 0.15) is 22.3 Å². The smallest absolute Gasteiger partial charge is 0.262 e. The van der Waals surface area contributed by atoms with Crippen LogP contribution in [0.25, 0.3) is 0 Å². The molecule has 0 heterocycles. The van der Waals surface area contributed by atoms with Crippen LogP contribution in [0, 0.1) is 20.8 Å². The first-order valence-electron chi connectivity index (χ1n) is 8.59. The summed E-state index contributed by atoms with van der Waals surface area (Å²) in [6, 6.07) is 22.4. The van der Waals surface area contributed by atoms with E-state index in [0.29, 0.717) is 11.4 Å². The Hall–Kier alpha value is -2.59. The maximum Gasteiger partial charge on any atom is 0.264 e. The number of hydrogen-bond donors (Lipinski definition) is 0. The molecule has 3 nitrogen and oxygen atoms in total. The highest BCUT2D eigenvalue weighted by Crippen LogP contribution is 2.30. The predicted molar refractivity (Wildman–Crippen MR) is 107 cm³/mol. The Morgan fingerprint density at radius 3 is 2.12 bits per heavy atom. The van der Waals surface area contributed by atoms with Crippen LogP contribution in [-0.2, 0) is 16.6 Å². The van der Waals surface area contributed by atoms with Crippen LogP contribution in [0.3, 0.4) is 0 Å². The van der Waals surface area contributed by atoms with E-state index < -0.39 is 10.0 Å². The van der Waals surface area contributed by atoms with Crippen molar-refractivity contribution in [3.63, 3.8) is 0 Å². The second-order valence-electron chi connectivity index (χ2n) is 6.54. The van der Waals surface area contributed by atoms with E-state index in [1.165, 1.54) is 4.31 Å². The molecule has 3 aromatic carbocycles. The number of sulfonamides is 1. The van der Waals surface area contributed by atoms with Gasteiger partial charge < -0.3 is 0 Å². The van der Waals surface area contributed by atoms with Crippen LogP contribution in [-0.4, -0.2) is 8.42 Å². The molecule has 134 valence electrons. The summed E-state index contributed by atoms with van der Waals surface area (Å²) in [5, 5.41) is 0. The van der Waals surface area contributed by atoms with Gasteiger partial charge in [0.05, 0.1) is 17.1 Å². The van der Waals surface area contributed by atoms with Gasteiger partial charge in [-0.3, -0.25) is 4.31 Å². The maximum atomic E-state index is 13.4. The van der Waals surface area contributed by atoms with Crippen molar-refractivity contribution in [1.82, 2.24) is 0 Å². The first kappa shape index (κ1) is 18.2. The molecule has 4 heteroatoms. The van der Waals surface area contributed by atoms with Crippen molar-refractivity contribution < 1.29 is 8.42 Å². The largest absolute Gasteiger partial charge is 0.264 e. The molecule has 0 unspecified atom stereocenters. The summed E-state index contributed by atoms with van der Waals surface area (Å²) in [7, 11) is -3.68. The summed E-state index contributed by atoms with van der Waals surface area (Å²) >= 11 is 0. The molecule has 0 aliphatic heterocycles. The molecular weight excluding hydrogens is 342 g/mol. The summed E-state index contributed by atoms with van der Waals surface area (Å²) in [6.07, 6.45) is 0. The zero-order valence-corrected chi connectivity index (χ0v) is 16.1. The van der Waals surface area contributed by atoms with Crippen LogP contribution in [0.2, 0.25) is 0 Å². The van der Waals surface area contributed by atoms with Gasteiger partial charge in [0.15, 0.2) is 0 Å². The van der Waals surface area contributed by atoms with Crippen LogP contribution in [0.15, 0.2) is 77.7 Å². The topological polar surface area (TPSA) is 37.4 Å². The molecule has 0 bridgehead atoms. The van der Waals surface area contributed by atoms with Gasteiger partial charge in [-0.2, -0.15) is 0 Å². The van der Waals surface area contributed by atoms with Gasteiger partial charge in [-0.15, -0.1) is 0 Å². The fourth-order valence-electron chi connectivity index (χ4n) is 2.95. The zero-order valence-electron chi connectivity index (χ0n) is 15.3. The molecule has 0 aliphatic carbocycles. The molecular formula is C22H23NO2S. The Bertz CT molecular complexity index is 1010. The van der Waals surface area contributed by atoms with E-state index in [-0.39, 0.29) is 0 Å². The summed E-state index contributed by atoms with van der Waals surface area (Å²) in [5.74, 6) is 0. The Morgan fingerprint density at radius 2 is 1.42 bits per heavy atom. The lowest BCUT2D eigenvalue weighted by Crippen LogP contribution is -2.31. The third-order valence-electron chi connectivity index (χ3n) is 4.54. The van der Waals surface area contributed by atoms with Gasteiger partial charge in [0.1, 0.15) is 0 Å². The second kappa shape index (κ2) is 7.34. The van der Waals surface area contributed by atoms with E-state index in [0.717, 1.165) is 27.9 Å². The molecule has 0 saturated heterocycles. The predicted octanol–water partition coefficient (Wildman–Crippen LogP) is 5.01. The van der Waals surface area contributed by atoms with Crippen LogP contribution in [0.4, 0.5) is 5.69 Å². The summed E-state index contributed by atoms with van der Waals surface area (Å²) in [4.78, 5) is 0.300. The lowest BCUT2D eigenvalue weighted by atomic mass is 10.1. The number of anilines is 1. The van der Waals surface area contributed by atoms with Gasteiger partial charge in [0, 0.05) is 0 Å². The SMILES string of the molecule is Cc1ccc(C)c(N(Cc2ccccc2C)S(=O)(=O)c2ccccc2)c1. The van der Waals surface area contributed by atoms with E-state index in [9.17, 15) is 8.42 Å². The highest BCUT2D eigenvalue weighted by molar-refractivity contribution is 7.92. The fourth-order valence-corrected chi connectivity index (χ4v) is 4.47. The van der Waals surface area contributed by atoms with E-state index in [1.54, 1.807) is 24.3 Å². The highest BCUT2D eigenvalue weighted by Gasteiger charge is 2.26. The van der Waals surface area contributed by atoms with Crippen LogP contribution >= 0.6 is 0 Å². The number of aryl methyl sites for hydroxylation is 3. The van der Waals surface area contributed by atoms with E-state index in [4.69, 9.17) is 0 Å². The van der Waals surface area contributed by atoms with Crippen molar-refractivity contribution in [1.29, 1.82) is 0 Å². The molecule has 0 amide bonds. The van der Waals surface area contributed by atoms with Crippen LogP contribution in [0.5, 0.6) is 0 Å². The molecule has 0 aliphatic rings. The van der Waals surface area contributed by atoms with Gasteiger partial charge in [0.2, 0.25) is 0 Å². The molecule has 0 saturated carbocycles. The number of nitrogens with zero attached hydrogens (tertiary/aromatic N) is 1. The van der Waals surface area contributed by atoms with Crippen molar-refractivity contribution in [2.75, 3.05) is 4.31 Å². The maximum absolute atomic E-state index is 13.4. The normalized spacial score (nSPS) is 11.3. The Labute approximate surface area is 156 Å². The average molecular weight is 365 g/mol. The number of hydrogen-bond acceptors (Lipinski definition) is 2. The van der Waals surface area contributed by atoms with Crippen molar-refractivity contribution in [3.8, 4) is 0 Å². The lowest BCUT2D eigenvalue weighted by molar-refractivity contribution is 0.590. The first-order valence-corrected chi connectivity index (χ1v) is 10.0. The molecule has 3 rings (SSSR count). The van der Waals surface area contributed by atoms with Crippen molar-refractivity contribution in [2.24, 2.45) is 0 Å². The molecule has 0 fully saturated rings.